The number of carbonyl (C=O) groups is 1. The first-order valence-corrected chi connectivity index (χ1v) is 7.37. The summed E-state index contributed by atoms with van der Waals surface area (Å²) in [6, 6.07) is 0. The Morgan fingerprint density at radius 2 is 2.21 bits per heavy atom. The monoisotopic (exact) mass is 265 g/mol. The van der Waals surface area contributed by atoms with Gasteiger partial charge in [-0.3, -0.25) is 4.79 Å². The van der Waals surface area contributed by atoms with E-state index >= 15 is 0 Å². The zero-order valence-corrected chi connectivity index (χ0v) is 11.7. The first kappa shape index (κ1) is 14.2. The average molecular weight is 265 g/mol. The van der Waals surface area contributed by atoms with E-state index < -0.39 is 0 Å². The van der Waals surface area contributed by atoms with Gasteiger partial charge in [0.1, 0.15) is 6.10 Å². The Hall–Kier alpha value is -1.23. The van der Waals surface area contributed by atoms with E-state index in [1.165, 1.54) is 25.7 Å². The van der Waals surface area contributed by atoms with Gasteiger partial charge in [-0.2, -0.15) is 0 Å². The molecule has 1 fully saturated rings. The number of ether oxygens (including phenoxy) is 1. The molecule has 1 unspecified atom stereocenters. The lowest BCUT2D eigenvalue weighted by atomic mass is 10.1. The second-order valence-corrected chi connectivity index (χ2v) is 5.12. The number of carbonyl (C=O) groups excluding carboxylic acids is 1. The van der Waals surface area contributed by atoms with Crippen LogP contribution in [0.4, 0.5) is 0 Å². The van der Waals surface area contributed by atoms with Gasteiger partial charge in [-0.15, -0.1) is 5.10 Å². The number of unbranched alkanes of at least 4 members (excludes halogenated alkanes) is 4. The molecule has 1 aromatic rings. The zero-order chi connectivity index (χ0) is 13.5. The summed E-state index contributed by atoms with van der Waals surface area (Å²) in [5.74, 6) is 0. The van der Waals surface area contributed by atoms with Crippen LogP contribution in [0.3, 0.4) is 0 Å². The Morgan fingerprint density at radius 1 is 1.37 bits per heavy atom. The Bertz CT molecular complexity index is 397. The van der Waals surface area contributed by atoms with Gasteiger partial charge in [0.05, 0.1) is 5.69 Å². The van der Waals surface area contributed by atoms with Crippen LogP contribution < -0.4 is 0 Å². The number of hydrogen-bond acceptors (Lipinski definition) is 4. The quantitative estimate of drug-likeness (QED) is 0.535. The van der Waals surface area contributed by atoms with Crippen LogP contribution in [0.1, 0.15) is 74.2 Å². The van der Waals surface area contributed by atoms with Crippen molar-refractivity contribution in [2.24, 2.45) is 0 Å². The Labute approximate surface area is 114 Å². The van der Waals surface area contributed by atoms with Gasteiger partial charge in [0.2, 0.25) is 0 Å². The van der Waals surface area contributed by atoms with E-state index in [1.807, 2.05) is 4.68 Å². The van der Waals surface area contributed by atoms with E-state index in [2.05, 4.69) is 17.2 Å². The first-order chi connectivity index (χ1) is 9.36. The van der Waals surface area contributed by atoms with Crippen molar-refractivity contribution >= 4 is 6.29 Å². The number of hydrogen-bond donors (Lipinski definition) is 0. The minimum atomic E-state index is 0.00541. The molecule has 0 bridgehead atoms. The highest BCUT2D eigenvalue weighted by Crippen LogP contribution is 2.29. The van der Waals surface area contributed by atoms with Crippen molar-refractivity contribution in [3.8, 4) is 0 Å². The molecule has 0 aliphatic carbocycles. The summed E-state index contributed by atoms with van der Waals surface area (Å²) >= 11 is 0. The lowest BCUT2D eigenvalue weighted by Gasteiger charge is -2.12. The predicted molar refractivity (Wildman–Crippen MR) is 72.1 cm³/mol. The highest BCUT2D eigenvalue weighted by atomic mass is 16.5. The molecule has 0 saturated carbocycles. The lowest BCUT2D eigenvalue weighted by molar-refractivity contribution is 0.100. The summed E-state index contributed by atoms with van der Waals surface area (Å²) in [5.41, 5.74) is 1.32. The lowest BCUT2D eigenvalue weighted by Crippen LogP contribution is -2.10. The number of rotatable bonds is 8. The summed E-state index contributed by atoms with van der Waals surface area (Å²) < 4.78 is 7.53. The van der Waals surface area contributed by atoms with Crippen LogP contribution in [0.25, 0.3) is 0 Å². The number of nitrogens with zero attached hydrogens (tertiary/aromatic N) is 3. The van der Waals surface area contributed by atoms with Gasteiger partial charge in [-0.05, 0) is 19.3 Å². The molecule has 5 heteroatoms. The van der Waals surface area contributed by atoms with E-state index in [0.717, 1.165) is 44.4 Å². The molecule has 19 heavy (non-hydrogen) atoms. The van der Waals surface area contributed by atoms with Crippen LogP contribution >= 0.6 is 0 Å². The van der Waals surface area contributed by atoms with Crippen molar-refractivity contribution < 1.29 is 9.53 Å². The molecule has 0 radical (unpaired) electrons. The van der Waals surface area contributed by atoms with Gasteiger partial charge in [-0.25, -0.2) is 4.68 Å². The van der Waals surface area contributed by atoms with Gasteiger partial charge >= 0.3 is 0 Å². The fourth-order valence-corrected chi connectivity index (χ4v) is 2.57. The summed E-state index contributed by atoms with van der Waals surface area (Å²) in [7, 11) is 0. The highest BCUT2D eigenvalue weighted by Gasteiger charge is 2.26. The van der Waals surface area contributed by atoms with Gasteiger partial charge in [0.15, 0.2) is 12.0 Å². The van der Waals surface area contributed by atoms with E-state index in [0.29, 0.717) is 5.69 Å². The van der Waals surface area contributed by atoms with Crippen LogP contribution in [0.5, 0.6) is 0 Å². The summed E-state index contributed by atoms with van der Waals surface area (Å²) in [6.45, 7) is 3.81. The van der Waals surface area contributed by atoms with Crippen LogP contribution in [0.15, 0.2) is 0 Å². The molecular formula is C14H23N3O2. The number of aryl methyl sites for hydroxylation is 1. The third-order valence-corrected chi connectivity index (χ3v) is 3.62. The zero-order valence-electron chi connectivity index (χ0n) is 11.7. The van der Waals surface area contributed by atoms with Crippen molar-refractivity contribution in [1.82, 2.24) is 15.0 Å². The molecule has 0 aromatic carbocycles. The molecule has 1 aliphatic heterocycles. The minimum absolute atomic E-state index is 0.00541. The predicted octanol–water partition coefficient (Wildman–Crippen LogP) is 2.91. The molecule has 0 amide bonds. The molecule has 1 saturated heterocycles. The molecular weight excluding hydrogens is 242 g/mol. The number of aldehydes is 1. The van der Waals surface area contributed by atoms with Gasteiger partial charge in [0, 0.05) is 13.2 Å². The van der Waals surface area contributed by atoms with E-state index in [1.54, 1.807) is 0 Å². The second-order valence-electron chi connectivity index (χ2n) is 5.12. The maximum Gasteiger partial charge on any atom is 0.172 e. The van der Waals surface area contributed by atoms with Crippen molar-refractivity contribution in [2.75, 3.05) is 6.61 Å². The molecule has 2 rings (SSSR count). The SMILES string of the molecule is CCCCCCCn1nnc(C=O)c1C1CCCO1. The van der Waals surface area contributed by atoms with E-state index in [9.17, 15) is 4.79 Å². The first-order valence-electron chi connectivity index (χ1n) is 7.37. The summed E-state index contributed by atoms with van der Waals surface area (Å²) in [5, 5.41) is 8.06. The van der Waals surface area contributed by atoms with Gasteiger partial charge < -0.3 is 4.74 Å². The topological polar surface area (TPSA) is 57.0 Å². The van der Waals surface area contributed by atoms with Crippen molar-refractivity contribution in [2.45, 2.75) is 64.5 Å². The fourth-order valence-electron chi connectivity index (χ4n) is 2.57. The molecule has 1 atom stereocenters. The standard InChI is InChI=1S/C14H23N3O2/c1-2-3-4-5-6-9-17-14(12(11-18)15-16-17)13-8-7-10-19-13/h11,13H,2-10H2,1H3. The molecule has 5 nitrogen and oxygen atoms in total. The second kappa shape index (κ2) is 7.38. The Kier molecular flexibility index (Phi) is 5.51. The van der Waals surface area contributed by atoms with Crippen LogP contribution in [0, 0.1) is 0 Å². The molecule has 0 N–H and O–H groups in total. The maximum absolute atomic E-state index is 11.0. The molecule has 0 spiro atoms. The Balaban J connectivity index is 1.95. The molecule has 2 heterocycles. The number of aromatic nitrogens is 3. The third kappa shape index (κ3) is 3.62. The smallest absolute Gasteiger partial charge is 0.172 e. The van der Waals surface area contributed by atoms with Crippen LogP contribution in [0.2, 0.25) is 0 Å². The molecule has 1 aliphatic rings. The van der Waals surface area contributed by atoms with Crippen molar-refractivity contribution in [1.29, 1.82) is 0 Å². The summed E-state index contributed by atoms with van der Waals surface area (Å²) in [6.07, 6.45) is 8.89. The fraction of sp³-hybridized carbons (Fsp3) is 0.786. The summed E-state index contributed by atoms with van der Waals surface area (Å²) in [4.78, 5) is 11.0. The van der Waals surface area contributed by atoms with E-state index in [4.69, 9.17) is 4.74 Å². The highest BCUT2D eigenvalue weighted by molar-refractivity contribution is 5.73. The van der Waals surface area contributed by atoms with Crippen LogP contribution in [-0.2, 0) is 11.3 Å². The third-order valence-electron chi connectivity index (χ3n) is 3.62. The Morgan fingerprint density at radius 3 is 2.89 bits per heavy atom. The molecule has 106 valence electrons. The van der Waals surface area contributed by atoms with Crippen molar-refractivity contribution in [3.63, 3.8) is 0 Å². The van der Waals surface area contributed by atoms with Crippen LogP contribution in [-0.4, -0.2) is 27.9 Å². The average Bonchev–Trinajstić information content (AvgIpc) is 3.06. The largest absolute Gasteiger partial charge is 0.372 e. The normalized spacial score (nSPS) is 18.9. The van der Waals surface area contributed by atoms with E-state index in [-0.39, 0.29) is 6.10 Å². The van der Waals surface area contributed by atoms with Gasteiger partial charge in [-0.1, -0.05) is 37.8 Å². The molecule has 1 aromatic heterocycles. The minimum Gasteiger partial charge on any atom is -0.372 e. The van der Waals surface area contributed by atoms with Crippen molar-refractivity contribution in [3.05, 3.63) is 11.4 Å². The maximum atomic E-state index is 11.0. The van der Waals surface area contributed by atoms with Gasteiger partial charge in [0.25, 0.3) is 0 Å².